The van der Waals surface area contributed by atoms with E-state index < -0.39 is 11.4 Å². The normalized spacial score (nSPS) is 21.6. The van der Waals surface area contributed by atoms with Crippen molar-refractivity contribution in [2.75, 3.05) is 0 Å². The number of carbonyl (C=O) groups is 1. The molecule has 17 heavy (non-hydrogen) atoms. The molecule has 0 unspecified atom stereocenters. The second-order valence-corrected chi connectivity index (χ2v) is 5.08. The summed E-state index contributed by atoms with van der Waals surface area (Å²) in [6, 6.07) is 7.61. The van der Waals surface area contributed by atoms with E-state index in [0.717, 1.165) is 43.4 Å². The molecule has 0 spiro atoms. The summed E-state index contributed by atoms with van der Waals surface area (Å²) in [6.07, 6.45) is 5.18. The lowest BCUT2D eigenvalue weighted by Gasteiger charge is -2.38. The first kappa shape index (κ1) is 10.6. The smallest absolute Gasteiger partial charge is 0.314 e. The maximum absolute atomic E-state index is 11.3. The third-order valence-corrected chi connectivity index (χ3v) is 3.85. The predicted molar refractivity (Wildman–Crippen MR) is 63.3 cm³/mol. The van der Waals surface area contributed by atoms with Crippen molar-refractivity contribution in [3.8, 4) is 5.75 Å². The van der Waals surface area contributed by atoms with Crippen LogP contribution in [0.3, 0.4) is 0 Å². The average Bonchev–Trinajstić information content (AvgIpc) is 3.02. The van der Waals surface area contributed by atoms with Crippen molar-refractivity contribution in [2.24, 2.45) is 0 Å². The zero-order chi connectivity index (χ0) is 11.9. The van der Waals surface area contributed by atoms with Crippen LogP contribution in [-0.4, -0.2) is 17.2 Å². The summed E-state index contributed by atoms with van der Waals surface area (Å²) in [5.74, 6) is 0.163. The Balaban J connectivity index is 1.80. The standard InChI is InChI=1S/C14H16O3/c15-13(16)14(8-1-9-14)10-2-4-11(5-3-10)17-12-6-7-12/h2-5,12H,1,6-9H2,(H,15,16). The maximum Gasteiger partial charge on any atom is 0.314 e. The lowest BCUT2D eigenvalue weighted by molar-refractivity contribution is -0.147. The summed E-state index contributed by atoms with van der Waals surface area (Å²) in [7, 11) is 0. The number of hydrogen-bond donors (Lipinski definition) is 1. The number of ether oxygens (including phenoxy) is 1. The fourth-order valence-corrected chi connectivity index (χ4v) is 2.39. The summed E-state index contributed by atoms with van der Waals surface area (Å²) in [5.41, 5.74) is 0.289. The van der Waals surface area contributed by atoms with Crippen LogP contribution in [0.5, 0.6) is 5.75 Å². The van der Waals surface area contributed by atoms with Crippen LogP contribution >= 0.6 is 0 Å². The Hall–Kier alpha value is -1.51. The fourth-order valence-electron chi connectivity index (χ4n) is 2.39. The molecule has 0 amide bonds. The van der Waals surface area contributed by atoms with Gasteiger partial charge in [-0.2, -0.15) is 0 Å². The number of aliphatic carboxylic acids is 1. The molecule has 3 rings (SSSR count). The molecule has 1 aromatic carbocycles. The zero-order valence-electron chi connectivity index (χ0n) is 9.69. The van der Waals surface area contributed by atoms with Crippen LogP contribution in [0.4, 0.5) is 0 Å². The van der Waals surface area contributed by atoms with Crippen molar-refractivity contribution in [2.45, 2.75) is 43.6 Å². The van der Waals surface area contributed by atoms with Crippen molar-refractivity contribution in [1.29, 1.82) is 0 Å². The number of hydrogen-bond acceptors (Lipinski definition) is 2. The van der Waals surface area contributed by atoms with Crippen LogP contribution in [0.15, 0.2) is 24.3 Å². The van der Waals surface area contributed by atoms with Gasteiger partial charge in [-0.3, -0.25) is 4.79 Å². The Labute approximate surface area is 100 Å². The van der Waals surface area contributed by atoms with Crippen LogP contribution in [0.1, 0.15) is 37.7 Å². The van der Waals surface area contributed by atoms with E-state index in [1.54, 1.807) is 0 Å². The van der Waals surface area contributed by atoms with Gasteiger partial charge in [0.1, 0.15) is 5.75 Å². The van der Waals surface area contributed by atoms with Gasteiger partial charge < -0.3 is 9.84 Å². The fraction of sp³-hybridized carbons (Fsp3) is 0.500. The molecule has 0 radical (unpaired) electrons. The highest BCUT2D eigenvalue weighted by Crippen LogP contribution is 2.44. The Morgan fingerprint density at radius 2 is 1.88 bits per heavy atom. The molecular formula is C14H16O3. The molecule has 0 aliphatic heterocycles. The summed E-state index contributed by atoms with van der Waals surface area (Å²) in [5, 5.41) is 9.33. The molecule has 3 nitrogen and oxygen atoms in total. The molecule has 2 aliphatic rings. The van der Waals surface area contributed by atoms with Gasteiger partial charge in [0, 0.05) is 0 Å². The van der Waals surface area contributed by atoms with Crippen LogP contribution in [0.25, 0.3) is 0 Å². The van der Waals surface area contributed by atoms with E-state index in [-0.39, 0.29) is 0 Å². The maximum atomic E-state index is 11.3. The number of carboxylic acids is 1. The van der Waals surface area contributed by atoms with Crippen LogP contribution in [0.2, 0.25) is 0 Å². The first-order valence-electron chi connectivity index (χ1n) is 6.21. The summed E-state index contributed by atoms with van der Waals surface area (Å²) in [4.78, 5) is 11.3. The van der Waals surface area contributed by atoms with Gasteiger partial charge in [-0.25, -0.2) is 0 Å². The van der Waals surface area contributed by atoms with Crippen molar-refractivity contribution in [1.82, 2.24) is 0 Å². The van der Waals surface area contributed by atoms with Gasteiger partial charge in [0.25, 0.3) is 0 Å². The topological polar surface area (TPSA) is 46.5 Å². The van der Waals surface area contributed by atoms with Crippen molar-refractivity contribution in [3.63, 3.8) is 0 Å². The van der Waals surface area contributed by atoms with E-state index in [1.165, 1.54) is 0 Å². The minimum atomic E-state index is -0.695. The molecule has 3 heteroatoms. The average molecular weight is 232 g/mol. The van der Waals surface area contributed by atoms with Gasteiger partial charge in [0.05, 0.1) is 11.5 Å². The molecule has 0 atom stereocenters. The van der Waals surface area contributed by atoms with E-state index in [9.17, 15) is 9.90 Å². The second kappa shape index (κ2) is 3.76. The lowest BCUT2D eigenvalue weighted by atomic mass is 9.64. The number of carboxylic acid groups (broad SMARTS) is 1. The van der Waals surface area contributed by atoms with Gasteiger partial charge in [-0.15, -0.1) is 0 Å². The highest BCUT2D eigenvalue weighted by Gasteiger charge is 2.45. The molecule has 0 bridgehead atoms. The third kappa shape index (κ3) is 1.79. The van der Waals surface area contributed by atoms with E-state index in [1.807, 2.05) is 24.3 Å². The van der Waals surface area contributed by atoms with Gasteiger partial charge in [0.15, 0.2) is 0 Å². The first-order valence-corrected chi connectivity index (χ1v) is 6.21. The van der Waals surface area contributed by atoms with E-state index >= 15 is 0 Å². The largest absolute Gasteiger partial charge is 0.490 e. The Morgan fingerprint density at radius 3 is 2.29 bits per heavy atom. The molecule has 1 aromatic rings. The SMILES string of the molecule is O=C(O)C1(c2ccc(OC3CC3)cc2)CCC1. The summed E-state index contributed by atoms with van der Waals surface area (Å²) in [6.45, 7) is 0. The summed E-state index contributed by atoms with van der Waals surface area (Å²) >= 11 is 0. The van der Waals surface area contributed by atoms with Crippen LogP contribution in [-0.2, 0) is 10.2 Å². The predicted octanol–water partition coefficient (Wildman–Crippen LogP) is 2.73. The Morgan fingerprint density at radius 1 is 1.24 bits per heavy atom. The highest BCUT2D eigenvalue weighted by molar-refractivity contribution is 5.82. The van der Waals surface area contributed by atoms with Crippen molar-refractivity contribution >= 4 is 5.97 Å². The first-order chi connectivity index (χ1) is 8.21. The van der Waals surface area contributed by atoms with Gasteiger partial charge in [-0.1, -0.05) is 18.6 Å². The van der Waals surface area contributed by atoms with E-state index in [2.05, 4.69) is 0 Å². The molecule has 2 fully saturated rings. The molecule has 0 heterocycles. The second-order valence-electron chi connectivity index (χ2n) is 5.08. The van der Waals surface area contributed by atoms with Crippen LogP contribution < -0.4 is 4.74 Å². The number of rotatable bonds is 4. The zero-order valence-corrected chi connectivity index (χ0v) is 9.69. The molecule has 0 saturated heterocycles. The van der Waals surface area contributed by atoms with Gasteiger partial charge in [-0.05, 0) is 43.4 Å². The Kier molecular flexibility index (Phi) is 2.35. The van der Waals surface area contributed by atoms with E-state index in [4.69, 9.17) is 4.74 Å². The lowest BCUT2D eigenvalue weighted by Crippen LogP contribution is -2.42. The third-order valence-electron chi connectivity index (χ3n) is 3.85. The molecule has 1 N–H and O–H groups in total. The quantitative estimate of drug-likeness (QED) is 0.868. The van der Waals surface area contributed by atoms with Gasteiger partial charge >= 0.3 is 5.97 Å². The van der Waals surface area contributed by atoms with Crippen LogP contribution in [0, 0.1) is 0 Å². The van der Waals surface area contributed by atoms with Gasteiger partial charge in [0.2, 0.25) is 0 Å². The minimum absolute atomic E-state index is 0.387. The van der Waals surface area contributed by atoms with Crippen molar-refractivity contribution in [3.05, 3.63) is 29.8 Å². The molecular weight excluding hydrogens is 216 g/mol. The van der Waals surface area contributed by atoms with Crippen molar-refractivity contribution < 1.29 is 14.6 Å². The Bertz CT molecular complexity index is 427. The molecule has 2 aliphatic carbocycles. The highest BCUT2D eigenvalue weighted by atomic mass is 16.5. The minimum Gasteiger partial charge on any atom is -0.490 e. The molecule has 0 aromatic heterocycles. The number of benzene rings is 1. The molecule has 2 saturated carbocycles. The van der Waals surface area contributed by atoms with E-state index in [0.29, 0.717) is 6.10 Å². The summed E-state index contributed by atoms with van der Waals surface area (Å²) < 4.78 is 5.66. The monoisotopic (exact) mass is 232 g/mol. The molecule has 90 valence electrons.